The van der Waals surface area contributed by atoms with Crippen molar-refractivity contribution in [2.24, 2.45) is 0 Å². The first-order chi connectivity index (χ1) is 9.83. The minimum atomic E-state index is 0.0840. The average Bonchev–Trinajstić information content (AvgIpc) is 2.38. The Bertz CT molecular complexity index is 620. The van der Waals surface area contributed by atoms with E-state index in [0.29, 0.717) is 5.88 Å². The van der Waals surface area contributed by atoms with Gasteiger partial charge < -0.3 is 10.1 Å². The second-order valence-electron chi connectivity index (χ2n) is 6.09. The van der Waals surface area contributed by atoms with Gasteiger partial charge in [0.25, 0.3) is 0 Å². The van der Waals surface area contributed by atoms with Gasteiger partial charge in [-0.3, -0.25) is 0 Å². The first-order valence-electron chi connectivity index (χ1n) is 6.98. The van der Waals surface area contributed by atoms with Gasteiger partial charge in [-0.2, -0.15) is 0 Å². The van der Waals surface area contributed by atoms with Crippen LogP contribution in [0.4, 0.5) is 0 Å². The summed E-state index contributed by atoms with van der Waals surface area (Å²) in [7, 11) is 0. The third-order valence-electron chi connectivity index (χ3n) is 2.86. The van der Waals surface area contributed by atoms with Crippen molar-refractivity contribution in [2.75, 3.05) is 0 Å². The lowest BCUT2D eigenvalue weighted by Gasteiger charge is -2.20. The summed E-state index contributed by atoms with van der Waals surface area (Å²) in [5.41, 5.74) is 2.20. The second kappa shape index (κ2) is 6.58. The van der Waals surface area contributed by atoms with Gasteiger partial charge in [0.15, 0.2) is 0 Å². The maximum atomic E-state index is 5.88. The molecule has 0 aliphatic carbocycles. The average molecular weight is 349 g/mol. The molecule has 1 N–H and O–H groups in total. The highest BCUT2D eigenvalue weighted by atomic mass is 79.9. The van der Waals surface area contributed by atoms with Crippen LogP contribution < -0.4 is 10.1 Å². The molecule has 1 aromatic carbocycles. The molecule has 2 aromatic rings. The van der Waals surface area contributed by atoms with E-state index in [2.05, 4.69) is 53.1 Å². The van der Waals surface area contributed by atoms with E-state index in [-0.39, 0.29) is 5.54 Å². The molecule has 0 bridgehead atoms. The quantitative estimate of drug-likeness (QED) is 0.858. The molecule has 1 heterocycles. The highest BCUT2D eigenvalue weighted by Gasteiger charge is 2.10. The van der Waals surface area contributed by atoms with Gasteiger partial charge >= 0.3 is 0 Å². The van der Waals surface area contributed by atoms with Gasteiger partial charge in [-0.1, -0.05) is 12.1 Å². The number of rotatable bonds is 4. The van der Waals surface area contributed by atoms with Crippen molar-refractivity contribution in [1.29, 1.82) is 0 Å². The van der Waals surface area contributed by atoms with Crippen molar-refractivity contribution in [3.63, 3.8) is 0 Å². The van der Waals surface area contributed by atoms with Crippen LogP contribution in [0.1, 0.15) is 32.0 Å². The number of nitrogens with zero attached hydrogens (tertiary/aromatic N) is 1. The molecule has 0 aliphatic rings. The smallest absolute Gasteiger partial charge is 0.219 e. The molecule has 0 saturated carbocycles. The van der Waals surface area contributed by atoms with Crippen molar-refractivity contribution in [3.05, 3.63) is 52.1 Å². The summed E-state index contributed by atoms with van der Waals surface area (Å²) in [6, 6.07) is 11.8. The van der Waals surface area contributed by atoms with Gasteiger partial charge in [-0.15, -0.1) is 0 Å². The van der Waals surface area contributed by atoms with Crippen LogP contribution in [-0.4, -0.2) is 10.5 Å². The van der Waals surface area contributed by atoms with Gasteiger partial charge in [0.05, 0.1) is 4.47 Å². The molecule has 0 aliphatic heterocycles. The molecular formula is C17H21BrN2O. The van der Waals surface area contributed by atoms with E-state index in [9.17, 15) is 0 Å². The number of halogens is 1. The highest BCUT2D eigenvalue weighted by molar-refractivity contribution is 9.10. The van der Waals surface area contributed by atoms with E-state index < -0.39 is 0 Å². The predicted octanol–water partition coefficient (Wildman–Crippen LogP) is 4.83. The number of aromatic nitrogens is 1. The minimum Gasteiger partial charge on any atom is -0.438 e. The third kappa shape index (κ3) is 5.14. The van der Waals surface area contributed by atoms with Crippen molar-refractivity contribution in [2.45, 2.75) is 39.8 Å². The minimum absolute atomic E-state index is 0.0840. The van der Waals surface area contributed by atoms with E-state index in [0.717, 1.165) is 22.5 Å². The Kier molecular flexibility index (Phi) is 5.01. The summed E-state index contributed by atoms with van der Waals surface area (Å²) in [5, 5.41) is 3.48. The Labute approximate surface area is 134 Å². The maximum absolute atomic E-state index is 5.88. The van der Waals surface area contributed by atoms with Crippen molar-refractivity contribution < 1.29 is 4.74 Å². The fraction of sp³-hybridized carbons (Fsp3) is 0.353. The molecule has 0 amide bonds. The van der Waals surface area contributed by atoms with Crippen molar-refractivity contribution >= 4 is 15.9 Å². The standard InChI is InChI=1S/C17H21BrN2O/c1-12-9-13(11-19-17(2,3)4)10-16(20-12)21-15-8-6-5-7-14(15)18/h5-10,19H,11H2,1-4H3. The van der Waals surface area contributed by atoms with E-state index in [4.69, 9.17) is 4.74 Å². The number of hydrogen-bond donors (Lipinski definition) is 1. The molecular weight excluding hydrogens is 328 g/mol. The topological polar surface area (TPSA) is 34.1 Å². The van der Waals surface area contributed by atoms with Crippen molar-refractivity contribution in [1.82, 2.24) is 10.3 Å². The molecule has 21 heavy (non-hydrogen) atoms. The fourth-order valence-electron chi connectivity index (χ4n) is 1.87. The number of nitrogens with one attached hydrogen (secondary N) is 1. The molecule has 2 rings (SSSR count). The molecule has 0 saturated heterocycles. The Morgan fingerprint density at radius 1 is 1.19 bits per heavy atom. The number of aryl methyl sites for hydroxylation is 1. The maximum Gasteiger partial charge on any atom is 0.219 e. The van der Waals surface area contributed by atoms with Crippen LogP contribution in [0.15, 0.2) is 40.9 Å². The molecule has 112 valence electrons. The lowest BCUT2D eigenvalue weighted by Crippen LogP contribution is -2.35. The van der Waals surface area contributed by atoms with Crippen molar-refractivity contribution in [3.8, 4) is 11.6 Å². The number of para-hydroxylation sites is 1. The molecule has 3 nitrogen and oxygen atoms in total. The lowest BCUT2D eigenvalue weighted by atomic mass is 10.1. The van der Waals surface area contributed by atoms with Crippen LogP contribution in [-0.2, 0) is 6.54 Å². The van der Waals surface area contributed by atoms with E-state index >= 15 is 0 Å². The third-order valence-corrected chi connectivity index (χ3v) is 3.52. The lowest BCUT2D eigenvalue weighted by molar-refractivity contribution is 0.421. The largest absolute Gasteiger partial charge is 0.438 e. The zero-order valence-electron chi connectivity index (χ0n) is 12.9. The fourth-order valence-corrected chi connectivity index (χ4v) is 2.23. The van der Waals surface area contributed by atoms with Crippen LogP contribution >= 0.6 is 15.9 Å². The van der Waals surface area contributed by atoms with Gasteiger partial charge in [-0.05, 0) is 67.4 Å². The highest BCUT2D eigenvalue weighted by Crippen LogP contribution is 2.28. The zero-order chi connectivity index (χ0) is 15.5. The first-order valence-corrected chi connectivity index (χ1v) is 7.78. The van der Waals surface area contributed by atoms with E-state index in [1.807, 2.05) is 37.3 Å². The Morgan fingerprint density at radius 3 is 2.57 bits per heavy atom. The number of hydrogen-bond acceptors (Lipinski definition) is 3. The van der Waals surface area contributed by atoms with Crippen LogP contribution in [0.25, 0.3) is 0 Å². The molecule has 0 spiro atoms. The van der Waals surface area contributed by atoms with Crippen LogP contribution in [0.2, 0.25) is 0 Å². The summed E-state index contributed by atoms with van der Waals surface area (Å²) >= 11 is 3.48. The SMILES string of the molecule is Cc1cc(CNC(C)(C)C)cc(Oc2ccccc2Br)n1. The second-order valence-corrected chi connectivity index (χ2v) is 6.95. The van der Waals surface area contributed by atoms with E-state index in [1.165, 1.54) is 5.56 Å². The Morgan fingerprint density at radius 2 is 1.90 bits per heavy atom. The van der Waals surface area contributed by atoms with E-state index in [1.54, 1.807) is 0 Å². The molecule has 4 heteroatoms. The summed E-state index contributed by atoms with van der Waals surface area (Å²) in [4.78, 5) is 4.44. The number of benzene rings is 1. The summed E-state index contributed by atoms with van der Waals surface area (Å²) in [6.45, 7) is 9.23. The first kappa shape index (κ1) is 16.0. The number of pyridine rings is 1. The van der Waals surface area contributed by atoms with Crippen LogP contribution in [0.3, 0.4) is 0 Å². The normalized spacial score (nSPS) is 11.5. The molecule has 0 atom stereocenters. The van der Waals surface area contributed by atoms with Gasteiger partial charge in [0, 0.05) is 23.8 Å². The summed E-state index contributed by atoms with van der Waals surface area (Å²) in [6.07, 6.45) is 0. The molecule has 0 fully saturated rings. The van der Waals surface area contributed by atoms with Gasteiger partial charge in [0.1, 0.15) is 5.75 Å². The predicted molar refractivity (Wildman–Crippen MR) is 89.8 cm³/mol. The Balaban J connectivity index is 2.17. The summed E-state index contributed by atoms with van der Waals surface area (Å²) in [5.74, 6) is 1.39. The molecule has 0 unspecified atom stereocenters. The summed E-state index contributed by atoms with van der Waals surface area (Å²) < 4.78 is 6.80. The zero-order valence-corrected chi connectivity index (χ0v) is 14.5. The van der Waals surface area contributed by atoms with Gasteiger partial charge in [0.2, 0.25) is 5.88 Å². The van der Waals surface area contributed by atoms with Crippen LogP contribution in [0, 0.1) is 6.92 Å². The monoisotopic (exact) mass is 348 g/mol. The van der Waals surface area contributed by atoms with Gasteiger partial charge in [-0.25, -0.2) is 4.98 Å². The Hall–Kier alpha value is -1.39. The number of ether oxygens (including phenoxy) is 1. The van der Waals surface area contributed by atoms with Crippen LogP contribution in [0.5, 0.6) is 11.6 Å². The molecule has 0 radical (unpaired) electrons. The molecule has 1 aromatic heterocycles.